The van der Waals surface area contributed by atoms with Gasteiger partial charge >= 0.3 is 5.97 Å². The Morgan fingerprint density at radius 3 is 2.50 bits per heavy atom. The van der Waals surface area contributed by atoms with Crippen molar-refractivity contribution in [3.05, 3.63) is 57.8 Å². The second kappa shape index (κ2) is 5.70. The Bertz CT molecular complexity index is 671. The van der Waals surface area contributed by atoms with E-state index in [0.29, 0.717) is 10.7 Å². The van der Waals surface area contributed by atoms with Gasteiger partial charge in [0.1, 0.15) is 5.03 Å². The minimum absolute atomic E-state index is 0.0118. The van der Waals surface area contributed by atoms with E-state index in [-0.39, 0.29) is 11.3 Å². The molecular formula is C13H10N2O4S. The molecule has 6 nitrogen and oxygen atoms in total. The Kier molecular flexibility index (Phi) is 3.99. The molecule has 0 bridgehead atoms. The molecule has 102 valence electrons. The number of carboxylic acid groups (broad SMARTS) is 1. The molecule has 0 atom stereocenters. The summed E-state index contributed by atoms with van der Waals surface area (Å²) in [4.78, 5) is 26.0. The molecule has 0 spiro atoms. The molecule has 0 aliphatic carbocycles. The van der Waals surface area contributed by atoms with Crippen molar-refractivity contribution in [2.24, 2.45) is 0 Å². The number of hydrogen-bond acceptors (Lipinski definition) is 5. The number of aromatic carboxylic acids is 1. The highest BCUT2D eigenvalue weighted by molar-refractivity contribution is 7.99. The molecule has 0 amide bonds. The van der Waals surface area contributed by atoms with Crippen LogP contribution in [0.15, 0.2) is 46.3 Å². The first-order chi connectivity index (χ1) is 9.45. The van der Waals surface area contributed by atoms with E-state index in [1.165, 1.54) is 36.0 Å². The summed E-state index contributed by atoms with van der Waals surface area (Å²) in [6.45, 7) is 1.71. The molecule has 0 aliphatic heterocycles. The summed E-state index contributed by atoms with van der Waals surface area (Å²) in [5.74, 6) is -1.01. The van der Waals surface area contributed by atoms with Gasteiger partial charge in [-0.1, -0.05) is 11.8 Å². The lowest BCUT2D eigenvalue weighted by molar-refractivity contribution is -0.384. The number of non-ortho nitro benzene ring substituents is 1. The van der Waals surface area contributed by atoms with Crippen LogP contribution in [0.25, 0.3) is 0 Å². The van der Waals surface area contributed by atoms with E-state index < -0.39 is 10.9 Å². The van der Waals surface area contributed by atoms with Crippen LogP contribution in [-0.2, 0) is 0 Å². The summed E-state index contributed by atoms with van der Waals surface area (Å²) >= 11 is 1.26. The zero-order valence-corrected chi connectivity index (χ0v) is 11.3. The molecule has 0 radical (unpaired) electrons. The zero-order valence-electron chi connectivity index (χ0n) is 10.4. The van der Waals surface area contributed by atoms with Crippen LogP contribution in [0.1, 0.15) is 16.1 Å². The molecule has 20 heavy (non-hydrogen) atoms. The number of hydrogen-bond donors (Lipinski definition) is 1. The van der Waals surface area contributed by atoms with Crippen molar-refractivity contribution in [3.63, 3.8) is 0 Å². The smallest absolute Gasteiger partial charge is 0.335 e. The maximum atomic E-state index is 11.0. The van der Waals surface area contributed by atoms with Gasteiger partial charge in [-0.3, -0.25) is 10.1 Å². The average Bonchev–Trinajstić information content (AvgIpc) is 2.38. The van der Waals surface area contributed by atoms with Gasteiger partial charge in [0, 0.05) is 22.7 Å². The van der Waals surface area contributed by atoms with Gasteiger partial charge in [0.05, 0.1) is 10.5 Å². The van der Waals surface area contributed by atoms with Gasteiger partial charge in [-0.25, -0.2) is 9.78 Å². The summed E-state index contributed by atoms with van der Waals surface area (Å²) in [5.41, 5.74) is 0.786. The normalized spacial score (nSPS) is 10.2. The lowest BCUT2D eigenvalue weighted by atomic mass is 10.2. The predicted molar refractivity (Wildman–Crippen MR) is 73.2 cm³/mol. The van der Waals surface area contributed by atoms with Crippen LogP contribution < -0.4 is 0 Å². The number of carbonyl (C=O) groups is 1. The molecule has 1 aromatic carbocycles. The van der Waals surface area contributed by atoms with E-state index in [0.717, 1.165) is 4.90 Å². The average molecular weight is 290 g/mol. The first kappa shape index (κ1) is 14.0. The van der Waals surface area contributed by atoms with Crippen LogP contribution in [0.2, 0.25) is 0 Å². The Morgan fingerprint density at radius 2 is 1.95 bits per heavy atom. The summed E-state index contributed by atoms with van der Waals surface area (Å²) in [6, 6.07) is 8.97. The van der Waals surface area contributed by atoms with Crippen molar-refractivity contribution in [1.82, 2.24) is 4.98 Å². The van der Waals surface area contributed by atoms with Crippen molar-refractivity contribution in [3.8, 4) is 0 Å². The van der Waals surface area contributed by atoms with Crippen molar-refractivity contribution in [1.29, 1.82) is 0 Å². The molecule has 0 aliphatic rings. The van der Waals surface area contributed by atoms with E-state index in [9.17, 15) is 14.9 Å². The Hall–Kier alpha value is -2.41. The third-order valence-corrected chi connectivity index (χ3v) is 3.37. The monoisotopic (exact) mass is 290 g/mol. The molecule has 0 saturated heterocycles. The van der Waals surface area contributed by atoms with E-state index in [1.807, 2.05) is 0 Å². The third-order valence-electron chi connectivity index (χ3n) is 2.45. The molecular weight excluding hydrogens is 280 g/mol. The van der Waals surface area contributed by atoms with Crippen molar-refractivity contribution >= 4 is 23.4 Å². The number of pyridine rings is 1. The Morgan fingerprint density at radius 1 is 1.30 bits per heavy atom. The standard InChI is InChI=1S/C13H10N2O4S/c1-8-6-9(13(16)17)7-12(14-8)20-11-4-2-10(3-5-11)15(18)19/h2-7H,1H3,(H,16,17). The fourth-order valence-electron chi connectivity index (χ4n) is 1.57. The minimum Gasteiger partial charge on any atom is -0.478 e. The Balaban J connectivity index is 2.25. The Labute approximate surface area is 118 Å². The van der Waals surface area contributed by atoms with E-state index in [2.05, 4.69) is 4.98 Å². The second-order valence-electron chi connectivity index (χ2n) is 3.99. The highest BCUT2D eigenvalue weighted by Gasteiger charge is 2.09. The minimum atomic E-state index is -1.01. The first-order valence-corrected chi connectivity index (χ1v) is 6.41. The van der Waals surface area contributed by atoms with Crippen LogP contribution >= 0.6 is 11.8 Å². The van der Waals surface area contributed by atoms with Gasteiger partial charge in [-0.15, -0.1) is 0 Å². The molecule has 1 heterocycles. The van der Waals surface area contributed by atoms with Crippen LogP contribution in [-0.4, -0.2) is 21.0 Å². The highest BCUT2D eigenvalue weighted by atomic mass is 32.2. The fourth-order valence-corrected chi connectivity index (χ4v) is 2.46. The molecule has 0 unspecified atom stereocenters. The maximum Gasteiger partial charge on any atom is 0.335 e. The number of aryl methyl sites for hydroxylation is 1. The maximum absolute atomic E-state index is 11.0. The summed E-state index contributed by atoms with van der Waals surface area (Å²) < 4.78 is 0. The fraction of sp³-hybridized carbons (Fsp3) is 0.0769. The molecule has 1 aromatic heterocycles. The van der Waals surface area contributed by atoms with Crippen LogP contribution in [0.5, 0.6) is 0 Å². The van der Waals surface area contributed by atoms with Crippen LogP contribution in [0.3, 0.4) is 0 Å². The van der Waals surface area contributed by atoms with Crippen LogP contribution in [0.4, 0.5) is 5.69 Å². The molecule has 2 aromatic rings. The third kappa shape index (κ3) is 3.33. The number of nitro benzene ring substituents is 1. The lowest BCUT2D eigenvalue weighted by Gasteiger charge is -2.04. The summed E-state index contributed by atoms with van der Waals surface area (Å²) in [5, 5.41) is 20.1. The van der Waals surface area contributed by atoms with Crippen molar-refractivity contribution < 1.29 is 14.8 Å². The highest BCUT2D eigenvalue weighted by Crippen LogP contribution is 2.28. The summed E-state index contributed by atoms with van der Waals surface area (Å²) in [6.07, 6.45) is 0. The predicted octanol–water partition coefficient (Wildman–Crippen LogP) is 3.15. The number of carboxylic acids is 1. The molecule has 7 heteroatoms. The number of nitrogens with zero attached hydrogens (tertiary/aromatic N) is 2. The summed E-state index contributed by atoms with van der Waals surface area (Å²) in [7, 11) is 0. The molecule has 2 rings (SSSR count). The number of nitro groups is 1. The van der Waals surface area contributed by atoms with Gasteiger partial charge in [-0.05, 0) is 31.2 Å². The topological polar surface area (TPSA) is 93.3 Å². The molecule has 1 N–H and O–H groups in total. The number of benzene rings is 1. The van der Waals surface area contributed by atoms with Crippen LogP contribution in [0, 0.1) is 17.0 Å². The van der Waals surface area contributed by atoms with Gasteiger partial charge < -0.3 is 5.11 Å². The zero-order chi connectivity index (χ0) is 14.7. The lowest BCUT2D eigenvalue weighted by Crippen LogP contribution is -1.99. The van der Waals surface area contributed by atoms with Gasteiger partial charge in [0.25, 0.3) is 5.69 Å². The van der Waals surface area contributed by atoms with Gasteiger partial charge in [-0.2, -0.15) is 0 Å². The van der Waals surface area contributed by atoms with Gasteiger partial charge in [0.15, 0.2) is 0 Å². The quantitative estimate of drug-likeness (QED) is 0.686. The first-order valence-electron chi connectivity index (χ1n) is 5.60. The van der Waals surface area contributed by atoms with E-state index in [1.54, 1.807) is 19.1 Å². The van der Waals surface area contributed by atoms with E-state index >= 15 is 0 Å². The van der Waals surface area contributed by atoms with Crippen molar-refractivity contribution in [2.75, 3.05) is 0 Å². The van der Waals surface area contributed by atoms with Gasteiger partial charge in [0.2, 0.25) is 0 Å². The second-order valence-corrected chi connectivity index (χ2v) is 5.09. The van der Waals surface area contributed by atoms with E-state index in [4.69, 9.17) is 5.11 Å². The van der Waals surface area contributed by atoms with Crippen molar-refractivity contribution in [2.45, 2.75) is 16.8 Å². The number of rotatable bonds is 4. The number of aromatic nitrogens is 1. The SMILES string of the molecule is Cc1cc(C(=O)O)cc(Sc2ccc([N+](=O)[O-])cc2)n1. The molecule has 0 saturated carbocycles. The molecule has 0 fully saturated rings. The largest absolute Gasteiger partial charge is 0.478 e.